The fourth-order valence-electron chi connectivity index (χ4n) is 5.23. The Balaban J connectivity index is 1.20. The van der Waals surface area contributed by atoms with E-state index < -0.39 is 23.6 Å². The second-order valence-corrected chi connectivity index (χ2v) is 9.34. The van der Waals surface area contributed by atoms with E-state index in [4.69, 9.17) is 4.74 Å². The summed E-state index contributed by atoms with van der Waals surface area (Å²) in [6.45, 7) is 0.675. The number of fused-ring (bicyclic) bond motifs is 3. The zero-order chi connectivity index (χ0) is 23.0. The number of likely N-dealkylation sites (tertiary alicyclic amines) is 1. The summed E-state index contributed by atoms with van der Waals surface area (Å²) in [5.74, 6) is -1.19. The van der Waals surface area contributed by atoms with E-state index in [0.29, 0.717) is 25.8 Å². The molecular formula is C26H28N2O5. The second-order valence-electron chi connectivity index (χ2n) is 9.34. The van der Waals surface area contributed by atoms with Gasteiger partial charge in [-0.3, -0.25) is 4.79 Å². The Kier molecular flexibility index (Phi) is 5.56. The summed E-state index contributed by atoms with van der Waals surface area (Å²) in [4.78, 5) is 38.5. The van der Waals surface area contributed by atoms with Crippen molar-refractivity contribution in [1.82, 2.24) is 10.2 Å². The van der Waals surface area contributed by atoms with Crippen LogP contribution in [0.5, 0.6) is 0 Å². The van der Waals surface area contributed by atoms with Crippen LogP contribution < -0.4 is 5.32 Å². The van der Waals surface area contributed by atoms with Crippen LogP contribution in [0.1, 0.15) is 55.6 Å². The number of alkyl carbamates (subject to hydrolysis) is 1. The van der Waals surface area contributed by atoms with Crippen LogP contribution in [0.15, 0.2) is 48.5 Å². The molecule has 3 aliphatic rings. The Labute approximate surface area is 192 Å². The van der Waals surface area contributed by atoms with Crippen LogP contribution in [0.25, 0.3) is 11.1 Å². The van der Waals surface area contributed by atoms with E-state index in [0.717, 1.165) is 24.0 Å². The number of nitrogens with zero attached hydrogens (tertiary/aromatic N) is 1. The van der Waals surface area contributed by atoms with Gasteiger partial charge >= 0.3 is 12.1 Å². The quantitative estimate of drug-likeness (QED) is 0.699. The predicted octanol–water partition coefficient (Wildman–Crippen LogP) is 3.91. The number of nitrogens with one attached hydrogen (secondary N) is 1. The number of ether oxygens (including phenoxy) is 1. The Bertz CT molecular complexity index is 1050. The molecule has 2 N–H and O–H groups in total. The molecule has 1 saturated heterocycles. The number of aliphatic carboxylic acids is 1. The van der Waals surface area contributed by atoms with Gasteiger partial charge in [0, 0.05) is 12.5 Å². The average molecular weight is 449 g/mol. The molecule has 1 saturated carbocycles. The first kappa shape index (κ1) is 21.5. The minimum Gasteiger partial charge on any atom is -0.480 e. The number of carbonyl (C=O) groups is 3. The highest BCUT2D eigenvalue weighted by Crippen LogP contribution is 2.45. The average Bonchev–Trinajstić information content (AvgIpc) is 3.49. The lowest BCUT2D eigenvalue weighted by atomic mass is 9.98. The predicted molar refractivity (Wildman–Crippen MR) is 122 cm³/mol. The van der Waals surface area contributed by atoms with Crippen LogP contribution in [-0.2, 0) is 14.3 Å². The van der Waals surface area contributed by atoms with Crippen molar-refractivity contribution in [1.29, 1.82) is 0 Å². The van der Waals surface area contributed by atoms with Crippen molar-refractivity contribution in [3.8, 4) is 11.1 Å². The fourth-order valence-corrected chi connectivity index (χ4v) is 5.23. The molecule has 0 unspecified atom stereocenters. The summed E-state index contributed by atoms with van der Waals surface area (Å²) in [5.41, 5.74) is 4.00. The maximum Gasteiger partial charge on any atom is 0.407 e. The van der Waals surface area contributed by atoms with E-state index in [1.165, 1.54) is 16.0 Å². The third-order valence-electron chi connectivity index (χ3n) is 7.16. The Morgan fingerprint density at radius 3 is 2.24 bits per heavy atom. The zero-order valence-electron chi connectivity index (χ0n) is 18.5. The third kappa shape index (κ3) is 4.19. The van der Waals surface area contributed by atoms with E-state index in [2.05, 4.69) is 29.6 Å². The van der Waals surface area contributed by atoms with Gasteiger partial charge in [0.05, 0.1) is 12.0 Å². The molecule has 0 radical (unpaired) electrons. The van der Waals surface area contributed by atoms with Gasteiger partial charge in [0.25, 0.3) is 0 Å². The van der Waals surface area contributed by atoms with E-state index in [-0.39, 0.29) is 24.9 Å². The van der Waals surface area contributed by atoms with E-state index in [9.17, 15) is 19.5 Å². The van der Waals surface area contributed by atoms with Crippen molar-refractivity contribution >= 4 is 18.0 Å². The van der Waals surface area contributed by atoms with Crippen LogP contribution in [0.3, 0.4) is 0 Å². The summed E-state index contributed by atoms with van der Waals surface area (Å²) in [6.07, 6.45) is 3.06. The molecule has 1 heterocycles. The van der Waals surface area contributed by atoms with Gasteiger partial charge in [0.15, 0.2) is 0 Å². The van der Waals surface area contributed by atoms with Crippen molar-refractivity contribution < 1.29 is 24.2 Å². The number of carboxylic acids is 1. The first-order chi connectivity index (χ1) is 16.0. The Morgan fingerprint density at radius 2 is 1.64 bits per heavy atom. The number of hydrogen-bond donors (Lipinski definition) is 2. The molecule has 5 rings (SSSR count). The number of benzene rings is 2. The third-order valence-corrected chi connectivity index (χ3v) is 7.16. The summed E-state index contributed by atoms with van der Waals surface area (Å²) in [6, 6.07) is 15.6. The molecule has 2 amide bonds. The van der Waals surface area contributed by atoms with Crippen molar-refractivity contribution in [2.45, 2.75) is 56.0 Å². The topological polar surface area (TPSA) is 95.9 Å². The first-order valence-corrected chi connectivity index (χ1v) is 11.6. The first-order valence-electron chi connectivity index (χ1n) is 11.6. The van der Waals surface area contributed by atoms with Gasteiger partial charge in [-0.2, -0.15) is 0 Å². The van der Waals surface area contributed by atoms with Crippen molar-refractivity contribution in [3.05, 3.63) is 59.7 Å². The number of carboxylic acid groups (broad SMARTS) is 1. The smallest absolute Gasteiger partial charge is 0.407 e. The highest BCUT2D eigenvalue weighted by atomic mass is 16.5. The second kappa shape index (κ2) is 8.54. The number of rotatable bonds is 6. The molecule has 0 bridgehead atoms. The molecule has 0 aromatic heterocycles. The monoisotopic (exact) mass is 448 g/mol. The molecule has 7 heteroatoms. The molecule has 2 aromatic rings. The number of amides is 2. The van der Waals surface area contributed by atoms with E-state index in [1.54, 1.807) is 0 Å². The maximum absolute atomic E-state index is 12.9. The number of carbonyl (C=O) groups excluding carboxylic acids is 2. The van der Waals surface area contributed by atoms with Gasteiger partial charge in [0.2, 0.25) is 5.91 Å². The number of piperidine rings is 1. The standard InChI is InChI=1S/C26H28N2O5/c29-23(28-14-6-5-11-22(28)24(30)31)15-26(12-13-26)27-25(32)33-16-21-19-9-3-1-7-17(19)18-8-2-4-10-20(18)21/h1-4,7-10,21-22H,5-6,11-16H2,(H,27,32)(H,30,31)/t22-/m0/s1. The molecular weight excluding hydrogens is 420 g/mol. The van der Waals surface area contributed by atoms with Crippen LogP contribution in [0, 0.1) is 0 Å². The summed E-state index contributed by atoms with van der Waals surface area (Å²) >= 11 is 0. The van der Waals surface area contributed by atoms with E-state index in [1.807, 2.05) is 24.3 Å². The number of hydrogen-bond acceptors (Lipinski definition) is 4. The highest BCUT2D eigenvalue weighted by Gasteiger charge is 2.48. The lowest BCUT2D eigenvalue weighted by molar-refractivity contribution is -0.152. The van der Waals surface area contributed by atoms with Crippen molar-refractivity contribution in [2.24, 2.45) is 0 Å². The molecule has 2 aromatic carbocycles. The fraction of sp³-hybridized carbons (Fsp3) is 0.423. The molecule has 2 aliphatic carbocycles. The largest absolute Gasteiger partial charge is 0.480 e. The summed E-state index contributed by atoms with van der Waals surface area (Å²) in [7, 11) is 0. The van der Waals surface area contributed by atoms with Crippen LogP contribution in [0.4, 0.5) is 4.79 Å². The Morgan fingerprint density at radius 1 is 1.00 bits per heavy atom. The van der Waals surface area contributed by atoms with Crippen LogP contribution >= 0.6 is 0 Å². The highest BCUT2D eigenvalue weighted by molar-refractivity contribution is 5.85. The molecule has 2 fully saturated rings. The maximum atomic E-state index is 12.9. The van der Waals surface area contributed by atoms with Crippen molar-refractivity contribution in [2.75, 3.05) is 13.2 Å². The summed E-state index contributed by atoms with van der Waals surface area (Å²) < 4.78 is 5.63. The Hall–Kier alpha value is -3.35. The lowest BCUT2D eigenvalue weighted by Crippen LogP contribution is -2.50. The van der Waals surface area contributed by atoms with Gasteiger partial charge in [-0.05, 0) is 54.4 Å². The lowest BCUT2D eigenvalue weighted by Gasteiger charge is -2.34. The molecule has 172 valence electrons. The van der Waals surface area contributed by atoms with Crippen LogP contribution in [-0.4, -0.2) is 52.7 Å². The van der Waals surface area contributed by atoms with Gasteiger partial charge in [-0.15, -0.1) is 0 Å². The normalized spacial score (nSPS) is 20.5. The van der Waals surface area contributed by atoms with E-state index >= 15 is 0 Å². The van der Waals surface area contributed by atoms with Gasteiger partial charge in [-0.25, -0.2) is 9.59 Å². The molecule has 1 atom stereocenters. The molecule has 7 nitrogen and oxygen atoms in total. The summed E-state index contributed by atoms with van der Waals surface area (Å²) in [5, 5.41) is 12.3. The minimum absolute atomic E-state index is 0.0235. The van der Waals surface area contributed by atoms with Gasteiger partial charge in [0.1, 0.15) is 12.6 Å². The van der Waals surface area contributed by atoms with Crippen molar-refractivity contribution in [3.63, 3.8) is 0 Å². The van der Waals surface area contributed by atoms with Gasteiger partial charge in [-0.1, -0.05) is 48.5 Å². The SMILES string of the molecule is O=C(NC1(CC(=O)N2CCCC[C@H]2C(=O)O)CC1)OCC1c2ccccc2-c2ccccc21. The van der Waals surface area contributed by atoms with Gasteiger partial charge < -0.3 is 20.1 Å². The molecule has 33 heavy (non-hydrogen) atoms. The van der Waals surface area contributed by atoms with Crippen LogP contribution in [0.2, 0.25) is 0 Å². The minimum atomic E-state index is -0.961. The molecule has 0 spiro atoms. The zero-order valence-corrected chi connectivity index (χ0v) is 18.5. The molecule has 1 aliphatic heterocycles.